The predicted octanol–water partition coefficient (Wildman–Crippen LogP) is 6.23. The Kier molecular flexibility index (Phi) is 9.11. The lowest BCUT2D eigenvalue weighted by Crippen LogP contribution is -2.67. The van der Waals surface area contributed by atoms with Crippen LogP contribution in [0.2, 0.25) is 5.04 Å². The summed E-state index contributed by atoms with van der Waals surface area (Å²) in [5.41, 5.74) is -0.511. The van der Waals surface area contributed by atoms with Gasteiger partial charge in [-0.2, -0.15) is 0 Å². The van der Waals surface area contributed by atoms with Gasteiger partial charge in [0, 0.05) is 25.4 Å². The molecule has 4 atom stereocenters. The Morgan fingerprint density at radius 2 is 1.51 bits per heavy atom. The molecule has 2 aromatic carbocycles. The van der Waals surface area contributed by atoms with Crippen LogP contribution in [0.1, 0.15) is 80.6 Å². The fourth-order valence-corrected chi connectivity index (χ4v) is 10.7. The number of hydrogen-bond acceptors (Lipinski definition) is 5. The quantitative estimate of drug-likeness (QED) is 0.287. The molecule has 2 aliphatic rings. The molecule has 0 N–H and O–H groups in total. The minimum atomic E-state index is -2.60. The summed E-state index contributed by atoms with van der Waals surface area (Å²) in [4.78, 5) is 12.2. The van der Waals surface area contributed by atoms with E-state index in [-0.39, 0.29) is 29.1 Å². The van der Waals surface area contributed by atoms with E-state index in [4.69, 9.17) is 18.6 Å². The number of hydrogen-bond donors (Lipinski definition) is 0. The van der Waals surface area contributed by atoms with Crippen molar-refractivity contribution in [3.8, 4) is 0 Å². The molecular weight excluding hydrogens is 504 g/mol. The summed E-state index contributed by atoms with van der Waals surface area (Å²) in [6, 6.07) is 21.6. The molecule has 214 valence electrons. The van der Waals surface area contributed by atoms with Crippen LogP contribution in [-0.2, 0) is 23.4 Å². The van der Waals surface area contributed by atoms with Crippen LogP contribution in [0.5, 0.6) is 0 Å². The number of ether oxygens (including phenoxy) is 3. The van der Waals surface area contributed by atoms with E-state index in [1.54, 1.807) is 0 Å². The van der Waals surface area contributed by atoms with E-state index < -0.39 is 19.5 Å². The summed E-state index contributed by atoms with van der Waals surface area (Å²) < 4.78 is 25.9. The molecule has 0 saturated carbocycles. The molecule has 1 spiro atoms. The van der Waals surface area contributed by atoms with Crippen molar-refractivity contribution in [2.75, 3.05) is 13.2 Å². The Hall–Kier alpha value is -1.99. The molecule has 4 rings (SSSR count). The molecule has 0 unspecified atom stereocenters. The van der Waals surface area contributed by atoms with Crippen LogP contribution in [0, 0.1) is 11.3 Å². The van der Waals surface area contributed by atoms with Crippen molar-refractivity contribution in [1.29, 1.82) is 0 Å². The highest BCUT2D eigenvalue weighted by Gasteiger charge is 2.51. The largest absolute Gasteiger partial charge is 0.463 e. The number of rotatable bonds is 8. The third kappa shape index (κ3) is 6.67. The monoisotopic (exact) mass is 552 g/mol. The first-order valence-electron chi connectivity index (χ1n) is 14.6. The van der Waals surface area contributed by atoms with Gasteiger partial charge in [0.2, 0.25) is 0 Å². The van der Waals surface area contributed by atoms with Crippen LogP contribution in [0.25, 0.3) is 0 Å². The van der Waals surface area contributed by atoms with Crippen LogP contribution in [-0.4, -0.2) is 45.5 Å². The van der Waals surface area contributed by atoms with Crippen molar-refractivity contribution < 1.29 is 23.4 Å². The molecule has 2 fully saturated rings. The third-order valence-corrected chi connectivity index (χ3v) is 13.3. The number of carbonyl (C=O) groups is 1. The highest BCUT2D eigenvalue weighted by molar-refractivity contribution is 6.99. The molecule has 5 nitrogen and oxygen atoms in total. The van der Waals surface area contributed by atoms with Gasteiger partial charge in [-0.05, 0) is 55.4 Å². The minimum absolute atomic E-state index is 0.0592. The molecule has 0 radical (unpaired) electrons. The Morgan fingerprint density at radius 3 is 2.05 bits per heavy atom. The smallest absolute Gasteiger partial charge is 0.311 e. The van der Waals surface area contributed by atoms with Crippen molar-refractivity contribution in [1.82, 2.24) is 0 Å². The van der Waals surface area contributed by atoms with Crippen molar-refractivity contribution in [3.05, 3.63) is 60.7 Å². The first kappa shape index (κ1) is 30.0. The van der Waals surface area contributed by atoms with Crippen LogP contribution < -0.4 is 10.4 Å². The molecule has 39 heavy (non-hydrogen) atoms. The molecule has 0 amide bonds. The average molecular weight is 553 g/mol. The van der Waals surface area contributed by atoms with Gasteiger partial charge < -0.3 is 18.6 Å². The molecule has 2 saturated heterocycles. The lowest BCUT2D eigenvalue weighted by molar-refractivity contribution is -0.281. The van der Waals surface area contributed by atoms with Gasteiger partial charge in [0.15, 0.2) is 5.79 Å². The lowest BCUT2D eigenvalue weighted by Gasteiger charge is -2.45. The maximum Gasteiger partial charge on any atom is 0.311 e. The van der Waals surface area contributed by atoms with E-state index in [2.05, 4.69) is 88.4 Å². The molecule has 2 heterocycles. The van der Waals surface area contributed by atoms with E-state index in [0.717, 1.165) is 32.1 Å². The minimum Gasteiger partial charge on any atom is -0.463 e. The van der Waals surface area contributed by atoms with E-state index >= 15 is 0 Å². The SMILES string of the molecule is C[C@@H](CO[Si](c1ccccc1)(c1ccccc1)C(C)(C)C)[C@@H]1CCC[C@]2(CC[C@@H](COC(=O)C(C)(C)C)O2)O1. The van der Waals surface area contributed by atoms with Crippen molar-refractivity contribution in [3.63, 3.8) is 0 Å². The first-order valence-corrected chi connectivity index (χ1v) is 16.5. The average Bonchev–Trinajstić information content (AvgIpc) is 3.29. The molecule has 2 aliphatic heterocycles. The summed E-state index contributed by atoms with van der Waals surface area (Å²) in [6.07, 6.45) is 4.57. The topological polar surface area (TPSA) is 54.0 Å². The zero-order valence-electron chi connectivity index (χ0n) is 25.0. The predicted molar refractivity (Wildman–Crippen MR) is 159 cm³/mol. The first-order chi connectivity index (χ1) is 18.4. The maximum absolute atomic E-state index is 12.2. The Morgan fingerprint density at radius 1 is 0.923 bits per heavy atom. The highest BCUT2D eigenvalue weighted by atomic mass is 28.4. The van der Waals surface area contributed by atoms with Gasteiger partial charge in [0.25, 0.3) is 8.32 Å². The van der Waals surface area contributed by atoms with E-state index in [1.165, 1.54) is 10.4 Å². The van der Waals surface area contributed by atoms with Crippen LogP contribution >= 0.6 is 0 Å². The third-order valence-electron chi connectivity index (χ3n) is 8.27. The zero-order valence-corrected chi connectivity index (χ0v) is 26.0. The second kappa shape index (κ2) is 11.9. The van der Waals surface area contributed by atoms with Gasteiger partial charge in [-0.15, -0.1) is 0 Å². The summed E-state index contributed by atoms with van der Waals surface area (Å²) in [5.74, 6) is -0.554. The number of esters is 1. The van der Waals surface area contributed by atoms with Gasteiger partial charge >= 0.3 is 5.97 Å². The Balaban J connectivity index is 1.46. The van der Waals surface area contributed by atoms with E-state index in [1.807, 2.05) is 20.8 Å². The molecule has 0 bridgehead atoms. The van der Waals surface area contributed by atoms with Crippen LogP contribution in [0.3, 0.4) is 0 Å². The van der Waals surface area contributed by atoms with Crippen molar-refractivity contribution in [2.45, 2.75) is 104 Å². The van der Waals surface area contributed by atoms with Gasteiger partial charge in [-0.1, -0.05) is 88.4 Å². The fourth-order valence-electron chi connectivity index (χ4n) is 6.07. The van der Waals surface area contributed by atoms with Crippen LogP contribution in [0.4, 0.5) is 0 Å². The second-order valence-corrected chi connectivity index (χ2v) is 17.8. The summed E-state index contributed by atoms with van der Waals surface area (Å²) in [7, 11) is -2.60. The molecule has 0 aromatic heterocycles. The van der Waals surface area contributed by atoms with E-state index in [9.17, 15) is 4.79 Å². The molecule has 2 aromatic rings. The maximum atomic E-state index is 12.2. The van der Waals surface area contributed by atoms with Crippen LogP contribution in [0.15, 0.2) is 60.7 Å². The Bertz CT molecular complexity index is 1040. The van der Waals surface area contributed by atoms with E-state index in [0.29, 0.717) is 13.2 Å². The number of benzene rings is 2. The van der Waals surface area contributed by atoms with Crippen molar-refractivity contribution in [2.24, 2.45) is 11.3 Å². The zero-order chi connectivity index (χ0) is 28.3. The summed E-state index contributed by atoms with van der Waals surface area (Å²) >= 11 is 0. The van der Waals surface area contributed by atoms with Gasteiger partial charge in [-0.25, -0.2) is 0 Å². The Labute approximate surface area is 236 Å². The normalized spacial score (nSPS) is 25.0. The molecular formula is C33H48O5Si. The molecule has 6 heteroatoms. The fraction of sp³-hybridized carbons (Fsp3) is 0.606. The highest BCUT2D eigenvalue weighted by Crippen LogP contribution is 2.43. The second-order valence-electron chi connectivity index (χ2n) is 13.5. The summed E-state index contributed by atoms with van der Waals surface area (Å²) in [5, 5.41) is 2.53. The number of carbonyl (C=O) groups excluding carboxylic acids is 1. The standard InChI is InChI=1S/C33H48O5Si/c1-25(29-19-14-21-33(38-29)22-20-26(37-33)24-35-30(34)31(2,3)4)23-36-39(32(5,6)7,27-15-10-8-11-16-27)28-17-12-9-13-18-28/h8-13,15-18,25-26,29H,14,19-24H2,1-7H3/t25-,26-,29-,33+/m0/s1. The van der Waals surface area contributed by atoms with Gasteiger partial charge in [0.1, 0.15) is 6.61 Å². The van der Waals surface area contributed by atoms with Gasteiger partial charge in [0.05, 0.1) is 17.6 Å². The van der Waals surface area contributed by atoms with Crippen molar-refractivity contribution >= 4 is 24.7 Å². The lowest BCUT2D eigenvalue weighted by atomic mass is 9.93. The van der Waals surface area contributed by atoms with Gasteiger partial charge in [-0.3, -0.25) is 4.79 Å². The summed E-state index contributed by atoms with van der Waals surface area (Å²) in [6.45, 7) is 15.7. The molecule has 0 aliphatic carbocycles.